The lowest BCUT2D eigenvalue weighted by Gasteiger charge is -2.48. The molecule has 0 fully saturated rings. The van der Waals surface area contributed by atoms with Crippen molar-refractivity contribution in [2.45, 2.75) is 24.7 Å². The van der Waals surface area contributed by atoms with Crippen molar-refractivity contribution in [1.29, 1.82) is 5.26 Å². The maximum absolute atomic E-state index is 9.93. The van der Waals surface area contributed by atoms with Crippen LogP contribution in [0.15, 0.2) is 60.7 Å². The number of benzene rings is 1. The average Bonchev–Trinajstić information content (AvgIpc) is 2.59. The molecule has 0 aromatic heterocycles. The zero-order valence-electron chi connectivity index (χ0n) is 12.3. The molecule has 2 N–H and O–H groups in total. The molecule has 0 heterocycles. The Morgan fingerprint density at radius 3 is 2.86 bits per heavy atom. The summed E-state index contributed by atoms with van der Waals surface area (Å²) in [6, 6.07) is 10.8. The summed E-state index contributed by atoms with van der Waals surface area (Å²) >= 11 is 0. The smallest absolute Gasteiger partial charge is 0.101 e. The van der Waals surface area contributed by atoms with Crippen LogP contribution in [0.5, 0.6) is 0 Å². The molecule has 1 aromatic rings. The van der Waals surface area contributed by atoms with E-state index in [1.54, 1.807) is 0 Å². The quantitative estimate of drug-likeness (QED) is 0.852. The molecule has 0 amide bonds. The molecule has 106 valence electrons. The molecule has 2 heteroatoms. The van der Waals surface area contributed by atoms with E-state index in [2.05, 4.69) is 31.7 Å². The Labute approximate surface area is 126 Å². The van der Waals surface area contributed by atoms with Gasteiger partial charge in [-0.05, 0) is 35.1 Å². The summed E-state index contributed by atoms with van der Waals surface area (Å²) in [5.74, 6) is 0.163. The number of fused-ring (bicyclic) bond motifs is 6. The summed E-state index contributed by atoms with van der Waals surface area (Å²) in [5.41, 5.74) is 8.72. The number of nitrogens with two attached hydrogens (primary N) is 1. The van der Waals surface area contributed by atoms with Gasteiger partial charge in [0.05, 0.1) is 6.07 Å². The summed E-state index contributed by atoms with van der Waals surface area (Å²) in [4.78, 5) is 0. The van der Waals surface area contributed by atoms with Gasteiger partial charge in [0.2, 0.25) is 0 Å². The molecule has 0 aliphatic heterocycles. The fourth-order valence-corrected chi connectivity index (χ4v) is 3.98. The van der Waals surface area contributed by atoms with Crippen molar-refractivity contribution in [3.05, 3.63) is 71.8 Å². The summed E-state index contributed by atoms with van der Waals surface area (Å²) < 4.78 is 0. The Morgan fingerprint density at radius 2 is 2.14 bits per heavy atom. The predicted octanol–water partition coefficient (Wildman–Crippen LogP) is 3.58. The molecule has 3 rings (SSSR count). The molecule has 1 aromatic carbocycles. The highest BCUT2D eigenvalue weighted by molar-refractivity contribution is 5.54. The van der Waals surface area contributed by atoms with Crippen molar-refractivity contribution in [3.63, 3.8) is 0 Å². The second-order valence-electron chi connectivity index (χ2n) is 6.43. The van der Waals surface area contributed by atoms with Gasteiger partial charge >= 0.3 is 0 Å². The second kappa shape index (κ2) is 4.72. The number of nitriles is 1. The van der Waals surface area contributed by atoms with Crippen molar-refractivity contribution >= 4 is 0 Å². The molecule has 3 unspecified atom stereocenters. The number of allylic oxidation sites excluding steroid dienone is 5. The van der Waals surface area contributed by atoms with E-state index in [0.29, 0.717) is 6.54 Å². The van der Waals surface area contributed by atoms with Gasteiger partial charge < -0.3 is 5.73 Å². The Morgan fingerprint density at radius 1 is 1.38 bits per heavy atom. The normalized spacial score (nSPS) is 36.8. The van der Waals surface area contributed by atoms with Gasteiger partial charge in [0, 0.05) is 5.92 Å². The Kier molecular flexibility index (Phi) is 3.11. The summed E-state index contributed by atoms with van der Waals surface area (Å²) in [5, 5.41) is 9.93. The molecule has 0 radical (unpaired) electrons. The van der Waals surface area contributed by atoms with Crippen LogP contribution in [-0.2, 0) is 5.41 Å². The van der Waals surface area contributed by atoms with Gasteiger partial charge in [-0.3, -0.25) is 0 Å². The van der Waals surface area contributed by atoms with E-state index in [1.807, 2.05) is 36.4 Å². The van der Waals surface area contributed by atoms with Crippen LogP contribution in [0.2, 0.25) is 0 Å². The van der Waals surface area contributed by atoms with Crippen LogP contribution in [0.4, 0.5) is 0 Å². The van der Waals surface area contributed by atoms with Crippen LogP contribution in [0.1, 0.15) is 30.4 Å². The number of nitrogens with zero attached hydrogens (tertiary/aromatic N) is 1. The molecular formula is C19H20N2. The van der Waals surface area contributed by atoms with Gasteiger partial charge in [0.25, 0.3) is 0 Å². The topological polar surface area (TPSA) is 49.8 Å². The van der Waals surface area contributed by atoms with E-state index >= 15 is 0 Å². The Bertz CT molecular complexity index is 692. The monoisotopic (exact) mass is 276 g/mol. The molecule has 2 bridgehead atoms. The number of hydrogen-bond donors (Lipinski definition) is 1. The lowest BCUT2D eigenvalue weighted by atomic mass is 9.54. The first-order chi connectivity index (χ1) is 10.1. The highest BCUT2D eigenvalue weighted by Gasteiger charge is 2.50. The first-order valence-electron chi connectivity index (χ1n) is 7.32. The minimum atomic E-state index is -0.601. The lowest BCUT2D eigenvalue weighted by molar-refractivity contribution is 0.217. The van der Waals surface area contributed by atoms with Crippen molar-refractivity contribution in [2.24, 2.45) is 11.1 Å². The van der Waals surface area contributed by atoms with Gasteiger partial charge in [0.1, 0.15) is 5.41 Å². The third-order valence-corrected chi connectivity index (χ3v) is 4.97. The van der Waals surface area contributed by atoms with Gasteiger partial charge in [0.15, 0.2) is 0 Å². The van der Waals surface area contributed by atoms with E-state index in [1.165, 1.54) is 5.56 Å². The third-order valence-electron chi connectivity index (χ3n) is 4.97. The minimum Gasteiger partial charge on any atom is -0.330 e. The maximum Gasteiger partial charge on any atom is 0.101 e. The van der Waals surface area contributed by atoms with Crippen molar-refractivity contribution < 1.29 is 0 Å². The maximum atomic E-state index is 9.93. The number of rotatable bonds is 1. The highest BCUT2D eigenvalue weighted by Crippen LogP contribution is 2.55. The standard InChI is InChI=1S/C19H20N2/c1-14-7-5-6-10-19(13-21)11-18(2,12-20)17(14)15-8-3-4-9-16(15)19/h3-10,17H,1,11-12,20H2,2H3/b7-5-,10-6-. The molecule has 0 spiro atoms. The van der Waals surface area contributed by atoms with Crippen LogP contribution in [0.25, 0.3) is 0 Å². The summed E-state index contributed by atoms with van der Waals surface area (Å²) in [7, 11) is 0. The van der Waals surface area contributed by atoms with Crippen LogP contribution < -0.4 is 5.73 Å². The minimum absolute atomic E-state index is 0.163. The van der Waals surface area contributed by atoms with Crippen molar-refractivity contribution in [3.8, 4) is 6.07 Å². The molecule has 3 atom stereocenters. The van der Waals surface area contributed by atoms with Crippen molar-refractivity contribution in [2.75, 3.05) is 6.54 Å². The average molecular weight is 276 g/mol. The predicted molar refractivity (Wildman–Crippen MR) is 85.7 cm³/mol. The fourth-order valence-electron chi connectivity index (χ4n) is 3.98. The van der Waals surface area contributed by atoms with E-state index < -0.39 is 5.41 Å². The zero-order valence-corrected chi connectivity index (χ0v) is 12.3. The largest absolute Gasteiger partial charge is 0.330 e. The molecule has 2 nitrogen and oxygen atoms in total. The van der Waals surface area contributed by atoms with Crippen LogP contribution in [0.3, 0.4) is 0 Å². The molecule has 2 aliphatic carbocycles. The summed E-state index contributed by atoms with van der Waals surface area (Å²) in [6.45, 7) is 6.98. The van der Waals surface area contributed by atoms with E-state index in [0.717, 1.165) is 17.6 Å². The lowest BCUT2D eigenvalue weighted by Crippen LogP contribution is -2.45. The van der Waals surface area contributed by atoms with Gasteiger partial charge in [-0.15, -0.1) is 0 Å². The van der Waals surface area contributed by atoms with E-state index in [-0.39, 0.29) is 11.3 Å². The summed E-state index contributed by atoms with van der Waals surface area (Å²) in [6.07, 6.45) is 8.74. The fraction of sp³-hybridized carbons (Fsp3) is 0.316. The Hall–Kier alpha value is -2.11. The SMILES string of the molecule is C=C1/C=C\C=C/C2(C#N)CC(C)(CN)C1c1ccccc12. The third kappa shape index (κ3) is 1.89. The van der Waals surface area contributed by atoms with Crippen LogP contribution >= 0.6 is 0 Å². The first-order valence-corrected chi connectivity index (χ1v) is 7.32. The number of hydrogen-bond acceptors (Lipinski definition) is 2. The Balaban J connectivity index is 2.39. The van der Waals surface area contributed by atoms with Crippen LogP contribution in [-0.4, -0.2) is 6.54 Å². The second-order valence-corrected chi connectivity index (χ2v) is 6.43. The zero-order chi connectivity index (χ0) is 15.1. The van der Waals surface area contributed by atoms with E-state index in [4.69, 9.17) is 5.73 Å². The van der Waals surface area contributed by atoms with E-state index in [9.17, 15) is 5.26 Å². The highest BCUT2D eigenvalue weighted by atomic mass is 14.6. The van der Waals surface area contributed by atoms with Crippen molar-refractivity contribution in [1.82, 2.24) is 0 Å². The molecule has 0 saturated carbocycles. The van der Waals surface area contributed by atoms with Gasteiger partial charge in [-0.1, -0.05) is 62.1 Å². The van der Waals surface area contributed by atoms with Crippen LogP contribution in [0, 0.1) is 16.7 Å². The molecule has 21 heavy (non-hydrogen) atoms. The molecule has 0 saturated heterocycles. The molecule has 2 aliphatic rings. The molecular weight excluding hydrogens is 256 g/mol. The van der Waals surface area contributed by atoms with Gasteiger partial charge in [-0.25, -0.2) is 0 Å². The van der Waals surface area contributed by atoms with Gasteiger partial charge in [-0.2, -0.15) is 5.26 Å². The first kappa shape index (κ1) is 13.9.